The molecule has 0 bridgehead atoms. The lowest BCUT2D eigenvalue weighted by Gasteiger charge is -1.99. The van der Waals surface area contributed by atoms with Crippen LogP contribution in [0.25, 0.3) is 0 Å². The number of hydrogen-bond acceptors (Lipinski definition) is 3. The molecule has 76 valence electrons. The molecule has 0 aromatic carbocycles. The molecule has 1 rings (SSSR count). The number of rotatable bonds is 2. The van der Waals surface area contributed by atoms with E-state index in [9.17, 15) is 0 Å². The Labute approximate surface area is 101 Å². The maximum Gasteiger partial charge on any atom is 0.184 e. The predicted octanol–water partition coefficient (Wildman–Crippen LogP) is 2.61. The Morgan fingerprint density at radius 3 is 2.71 bits per heavy atom. The summed E-state index contributed by atoms with van der Waals surface area (Å²) in [6, 6.07) is 1.74. The fourth-order valence-electron chi connectivity index (χ4n) is 0.786. The highest BCUT2D eigenvalue weighted by Gasteiger charge is 2.08. The summed E-state index contributed by atoms with van der Waals surface area (Å²) in [6.45, 7) is 1.79. The highest BCUT2D eigenvalue weighted by Crippen LogP contribution is 2.31. The molecule has 3 nitrogen and oxygen atoms in total. The van der Waals surface area contributed by atoms with Gasteiger partial charge in [-0.2, -0.15) is 5.10 Å². The van der Waals surface area contributed by atoms with Gasteiger partial charge in [-0.15, -0.1) is 11.3 Å². The minimum absolute atomic E-state index is 0.113. The van der Waals surface area contributed by atoms with Gasteiger partial charge in [-0.3, -0.25) is 5.43 Å². The summed E-state index contributed by atoms with van der Waals surface area (Å²) in [5.41, 5.74) is 9.17. The minimum Gasteiger partial charge on any atom is -0.375 e. The van der Waals surface area contributed by atoms with Crippen molar-refractivity contribution in [3.05, 3.63) is 20.3 Å². The largest absolute Gasteiger partial charge is 0.375 e. The number of hydrazone groups is 1. The SMILES string of the molecule is C/C(=N/NC(N)=S)c1cc(Cl)sc1Cl. The zero-order chi connectivity index (χ0) is 10.7. The third-order valence-electron chi connectivity index (χ3n) is 1.38. The van der Waals surface area contributed by atoms with Crippen molar-refractivity contribution in [2.45, 2.75) is 6.92 Å². The summed E-state index contributed by atoms with van der Waals surface area (Å²) in [5, 5.41) is 4.04. The van der Waals surface area contributed by atoms with Gasteiger partial charge in [0, 0.05) is 5.56 Å². The van der Waals surface area contributed by atoms with Gasteiger partial charge in [0.25, 0.3) is 0 Å². The van der Waals surface area contributed by atoms with Crippen LogP contribution in [0, 0.1) is 0 Å². The molecule has 0 aliphatic rings. The summed E-state index contributed by atoms with van der Waals surface area (Å²) >= 11 is 17.6. The van der Waals surface area contributed by atoms with Crippen molar-refractivity contribution < 1.29 is 0 Å². The van der Waals surface area contributed by atoms with Crippen LogP contribution in [-0.2, 0) is 0 Å². The number of thiocarbonyl (C=S) groups is 1. The molecule has 0 radical (unpaired) electrons. The number of nitrogens with one attached hydrogen (secondary N) is 1. The molecule has 1 aromatic rings. The lowest BCUT2D eigenvalue weighted by molar-refractivity contribution is 1.03. The van der Waals surface area contributed by atoms with Crippen LogP contribution in [0.5, 0.6) is 0 Å². The first-order chi connectivity index (χ1) is 6.50. The second-order valence-electron chi connectivity index (χ2n) is 2.41. The molecule has 0 spiro atoms. The van der Waals surface area contributed by atoms with Gasteiger partial charge in [-0.25, -0.2) is 0 Å². The standard InChI is InChI=1S/C7H7Cl2N3S2/c1-3(11-12-7(10)13)4-2-5(8)14-6(4)9/h2H,1H3,(H3,10,12,13)/b11-3-. The Kier molecular flexibility index (Phi) is 4.12. The van der Waals surface area contributed by atoms with Crippen molar-refractivity contribution in [1.82, 2.24) is 5.43 Å². The van der Waals surface area contributed by atoms with E-state index in [2.05, 4.69) is 22.7 Å². The lowest BCUT2D eigenvalue weighted by Crippen LogP contribution is -2.25. The van der Waals surface area contributed by atoms with Gasteiger partial charge in [0.1, 0.15) is 4.34 Å². The highest BCUT2D eigenvalue weighted by atomic mass is 35.5. The molecule has 1 aromatic heterocycles. The van der Waals surface area contributed by atoms with E-state index in [0.29, 0.717) is 14.4 Å². The average molecular weight is 268 g/mol. The van der Waals surface area contributed by atoms with Crippen molar-refractivity contribution in [2.75, 3.05) is 0 Å². The first-order valence-electron chi connectivity index (χ1n) is 3.55. The van der Waals surface area contributed by atoms with E-state index in [1.807, 2.05) is 0 Å². The van der Waals surface area contributed by atoms with Crippen molar-refractivity contribution >= 4 is 57.6 Å². The number of nitrogens with two attached hydrogens (primary N) is 1. The van der Waals surface area contributed by atoms with Gasteiger partial charge in [0.2, 0.25) is 0 Å². The molecule has 0 aliphatic carbocycles. The Morgan fingerprint density at radius 1 is 1.64 bits per heavy atom. The van der Waals surface area contributed by atoms with Crippen LogP contribution >= 0.6 is 46.8 Å². The van der Waals surface area contributed by atoms with Crippen molar-refractivity contribution in [2.24, 2.45) is 10.8 Å². The summed E-state index contributed by atoms with van der Waals surface area (Å²) in [4.78, 5) is 0. The summed E-state index contributed by atoms with van der Waals surface area (Å²) in [5.74, 6) is 0. The molecule has 1 heterocycles. The molecule has 3 N–H and O–H groups in total. The number of halogens is 2. The fourth-order valence-corrected chi connectivity index (χ4v) is 2.40. The van der Waals surface area contributed by atoms with E-state index in [1.165, 1.54) is 11.3 Å². The molecule has 0 fully saturated rings. The van der Waals surface area contributed by atoms with Crippen LogP contribution in [0.1, 0.15) is 12.5 Å². The van der Waals surface area contributed by atoms with Gasteiger partial charge >= 0.3 is 0 Å². The van der Waals surface area contributed by atoms with Gasteiger partial charge < -0.3 is 5.73 Å². The first kappa shape index (κ1) is 11.7. The van der Waals surface area contributed by atoms with Crippen LogP contribution < -0.4 is 11.2 Å². The molecule has 0 atom stereocenters. The predicted molar refractivity (Wildman–Crippen MR) is 66.5 cm³/mol. The number of thiophene rings is 1. The monoisotopic (exact) mass is 267 g/mol. The van der Waals surface area contributed by atoms with Crippen molar-refractivity contribution in [3.63, 3.8) is 0 Å². The van der Waals surface area contributed by atoms with Crippen LogP contribution in [0.15, 0.2) is 11.2 Å². The van der Waals surface area contributed by atoms with E-state index in [4.69, 9.17) is 28.9 Å². The maximum absolute atomic E-state index is 5.92. The molecule has 0 amide bonds. The fraction of sp³-hybridized carbons (Fsp3) is 0.143. The molecule has 0 saturated heterocycles. The van der Waals surface area contributed by atoms with Crippen LogP contribution in [0.2, 0.25) is 8.67 Å². The van der Waals surface area contributed by atoms with Crippen molar-refractivity contribution in [3.8, 4) is 0 Å². The second-order valence-corrected chi connectivity index (χ2v) is 5.14. The summed E-state index contributed by atoms with van der Waals surface area (Å²) in [7, 11) is 0. The van der Waals surface area contributed by atoms with Gasteiger partial charge in [0.15, 0.2) is 5.11 Å². The number of hydrogen-bond donors (Lipinski definition) is 2. The average Bonchev–Trinajstić information content (AvgIpc) is 2.41. The minimum atomic E-state index is 0.113. The van der Waals surface area contributed by atoms with E-state index in [0.717, 1.165) is 5.56 Å². The second kappa shape index (κ2) is 4.93. The molecule has 0 saturated carbocycles. The summed E-state index contributed by atoms with van der Waals surface area (Å²) in [6.07, 6.45) is 0. The van der Waals surface area contributed by atoms with Crippen molar-refractivity contribution in [1.29, 1.82) is 0 Å². The quantitative estimate of drug-likeness (QED) is 0.492. The van der Waals surface area contributed by atoms with Gasteiger partial charge in [-0.1, -0.05) is 23.2 Å². The van der Waals surface area contributed by atoms with E-state index < -0.39 is 0 Å². The van der Waals surface area contributed by atoms with E-state index in [-0.39, 0.29) is 5.11 Å². The Balaban J connectivity index is 2.88. The highest BCUT2D eigenvalue weighted by molar-refractivity contribution is 7.80. The zero-order valence-corrected chi connectivity index (χ0v) is 10.3. The Hall–Kier alpha value is -0.360. The molecule has 14 heavy (non-hydrogen) atoms. The first-order valence-corrected chi connectivity index (χ1v) is 5.53. The normalized spacial score (nSPS) is 11.5. The lowest BCUT2D eigenvalue weighted by atomic mass is 10.2. The molecule has 7 heteroatoms. The molecular formula is C7H7Cl2N3S2. The third kappa shape index (κ3) is 3.09. The Bertz CT molecular complexity index is 386. The molecular weight excluding hydrogens is 261 g/mol. The van der Waals surface area contributed by atoms with Crippen LogP contribution in [0.4, 0.5) is 0 Å². The van der Waals surface area contributed by atoms with E-state index in [1.54, 1.807) is 13.0 Å². The summed E-state index contributed by atoms with van der Waals surface area (Å²) < 4.78 is 1.22. The third-order valence-corrected chi connectivity index (χ3v) is 2.96. The van der Waals surface area contributed by atoms with Gasteiger partial charge in [-0.05, 0) is 25.2 Å². The smallest absolute Gasteiger partial charge is 0.184 e. The Morgan fingerprint density at radius 2 is 2.29 bits per heavy atom. The van der Waals surface area contributed by atoms with Gasteiger partial charge in [0.05, 0.1) is 10.0 Å². The topological polar surface area (TPSA) is 50.4 Å². The zero-order valence-electron chi connectivity index (χ0n) is 7.17. The van der Waals surface area contributed by atoms with Crippen LogP contribution in [-0.4, -0.2) is 10.8 Å². The van der Waals surface area contributed by atoms with Crippen LogP contribution in [0.3, 0.4) is 0 Å². The van der Waals surface area contributed by atoms with E-state index >= 15 is 0 Å². The number of nitrogens with zero attached hydrogens (tertiary/aromatic N) is 1. The molecule has 0 aliphatic heterocycles. The maximum atomic E-state index is 5.92. The molecule has 0 unspecified atom stereocenters.